The van der Waals surface area contributed by atoms with Crippen molar-refractivity contribution in [2.24, 2.45) is 0 Å². The summed E-state index contributed by atoms with van der Waals surface area (Å²) in [5, 5.41) is 3.51. The summed E-state index contributed by atoms with van der Waals surface area (Å²) in [6.45, 7) is 1.79. The molecule has 2 aliphatic rings. The van der Waals surface area contributed by atoms with E-state index in [0.717, 1.165) is 13.2 Å². The van der Waals surface area contributed by atoms with Crippen molar-refractivity contribution in [3.8, 4) is 0 Å². The zero-order chi connectivity index (χ0) is 7.68. The van der Waals surface area contributed by atoms with Crippen molar-refractivity contribution in [2.75, 3.05) is 20.3 Å². The van der Waals surface area contributed by atoms with Gasteiger partial charge in [0.05, 0.1) is 25.4 Å². The van der Waals surface area contributed by atoms with Crippen LogP contribution in [0.15, 0.2) is 0 Å². The molecule has 0 unspecified atom stereocenters. The molecule has 1 heterocycles. The Bertz CT molecular complexity index is 130. The van der Waals surface area contributed by atoms with Crippen molar-refractivity contribution < 1.29 is 9.47 Å². The van der Waals surface area contributed by atoms with E-state index >= 15 is 0 Å². The predicted octanol–water partition coefficient (Wildman–Crippen LogP) is 0.152. The SMILES string of the molecule is COC1CC(NC2COC2)C1. The summed E-state index contributed by atoms with van der Waals surface area (Å²) in [6, 6.07) is 1.31. The van der Waals surface area contributed by atoms with E-state index in [9.17, 15) is 0 Å². The van der Waals surface area contributed by atoms with Gasteiger partial charge in [0.1, 0.15) is 0 Å². The van der Waals surface area contributed by atoms with E-state index in [2.05, 4.69) is 5.32 Å². The second-order valence-electron chi connectivity index (χ2n) is 3.43. The third-order valence-electron chi connectivity index (χ3n) is 2.54. The number of rotatable bonds is 3. The lowest BCUT2D eigenvalue weighted by Crippen LogP contribution is -2.55. The van der Waals surface area contributed by atoms with Crippen LogP contribution in [-0.4, -0.2) is 38.5 Å². The van der Waals surface area contributed by atoms with Crippen LogP contribution in [-0.2, 0) is 9.47 Å². The normalized spacial score (nSPS) is 37.9. The van der Waals surface area contributed by atoms with Crippen LogP contribution < -0.4 is 5.32 Å². The highest BCUT2D eigenvalue weighted by Crippen LogP contribution is 2.23. The van der Waals surface area contributed by atoms with Crippen molar-refractivity contribution in [3.05, 3.63) is 0 Å². The van der Waals surface area contributed by atoms with Crippen molar-refractivity contribution in [1.29, 1.82) is 0 Å². The molecule has 0 aromatic rings. The van der Waals surface area contributed by atoms with Gasteiger partial charge in [0.2, 0.25) is 0 Å². The minimum Gasteiger partial charge on any atom is -0.381 e. The van der Waals surface area contributed by atoms with Gasteiger partial charge in [-0.2, -0.15) is 0 Å². The smallest absolute Gasteiger partial charge is 0.0643 e. The fraction of sp³-hybridized carbons (Fsp3) is 1.00. The molecule has 0 aromatic carbocycles. The van der Waals surface area contributed by atoms with E-state index in [1.807, 2.05) is 0 Å². The van der Waals surface area contributed by atoms with Gasteiger partial charge in [-0.1, -0.05) is 0 Å². The Morgan fingerprint density at radius 1 is 1.27 bits per heavy atom. The second kappa shape index (κ2) is 3.09. The standard InChI is InChI=1S/C8H15NO2/c1-10-8-2-6(3-8)9-7-4-11-5-7/h6-9H,2-5H2,1H3. The molecule has 0 radical (unpaired) electrons. The first-order chi connectivity index (χ1) is 5.38. The first-order valence-corrected chi connectivity index (χ1v) is 4.25. The average Bonchev–Trinajstić information content (AvgIpc) is 1.81. The lowest BCUT2D eigenvalue weighted by molar-refractivity contribution is -0.0368. The summed E-state index contributed by atoms with van der Waals surface area (Å²) in [6.07, 6.45) is 2.86. The van der Waals surface area contributed by atoms with Crippen LogP contribution in [0.3, 0.4) is 0 Å². The summed E-state index contributed by atoms with van der Waals surface area (Å²) in [5.74, 6) is 0. The maximum atomic E-state index is 5.18. The Balaban J connectivity index is 1.59. The zero-order valence-electron chi connectivity index (χ0n) is 6.88. The Morgan fingerprint density at radius 3 is 2.45 bits per heavy atom. The Labute approximate surface area is 67.1 Å². The molecular formula is C8H15NO2. The van der Waals surface area contributed by atoms with Crippen LogP contribution >= 0.6 is 0 Å². The largest absolute Gasteiger partial charge is 0.381 e. The quantitative estimate of drug-likeness (QED) is 0.632. The van der Waals surface area contributed by atoms with Crippen molar-refractivity contribution >= 4 is 0 Å². The lowest BCUT2D eigenvalue weighted by atomic mass is 9.88. The van der Waals surface area contributed by atoms with Gasteiger partial charge in [0.15, 0.2) is 0 Å². The molecule has 2 fully saturated rings. The molecule has 64 valence electrons. The van der Waals surface area contributed by atoms with Gasteiger partial charge in [0.25, 0.3) is 0 Å². The van der Waals surface area contributed by atoms with Gasteiger partial charge >= 0.3 is 0 Å². The van der Waals surface area contributed by atoms with Crippen LogP contribution in [0.25, 0.3) is 0 Å². The van der Waals surface area contributed by atoms with Gasteiger partial charge in [0, 0.05) is 13.2 Å². The number of ether oxygens (including phenoxy) is 2. The van der Waals surface area contributed by atoms with Crippen LogP contribution in [0.2, 0.25) is 0 Å². The van der Waals surface area contributed by atoms with Crippen molar-refractivity contribution in [3.63, 3.8) is 0 Å². The molecule has 1 aliphatic heterocycles. The summed E-state index contributed by atoms with van der Waals surface area (Å²) < 4.78 is 10.2. The molecule has 11 heavy (non-hydrogen) atoms. The molecule has 1 saturated heterocycles. The van der Waals surface area contributed by atoms with E-state index in [0.29, 0.717) is 18.2 Å². The van der Waals surface area contributed by atoms with E-state index in [-0.39, 0.29) is 0 Å². The molecule has 0 bridgehead atoms. The second-order valence-corrected chi connectivity index (χ2v) is 3.43. The van der Waals surface area contributed by atoms with E-state index in [4.69, 9.17) is 9.47 Å². The molecule has 0 atom stereocenters. The number of hydrogen-bond acceptors (Lipinski definition) is 3. The number of nitrogens with one attached hydrogen (secondary N) is 1. The van der Waals surface area contributed by atoms with Crippen LogP contribution in [0.1, 0.15) is 12.8 Å². The lowest BCUT2D eigenvalue weighted by Gasteiger charge is -2.39. The maximum Gasteiger partial charge on any atom is 0.0643 e. The fourth-order valence-electron chi connectivity index (χ4n) is 1.56. The molecule has 2 rings (SSSR count). The maximum absolute atomic E-state index is 5.18. The van der Waals surface area contributed by atoms with Gasteiger partial charge in [-0.3, -0.25) is 0 Å². The summed E-state index contributed by atoms with van der Waals surface area (Å²) in [5.41, 5.74) is 0. The Morgan fingerprint density at radius 2 is 2.00 bits per heavy atom. The van der Waals surface area contributed by atoms with Crippen LogP contribution in [0.4, 0.5) is 0 Å². The Hall–Kier alpha value is -0.120. The first-order valence-electron chi connectivity index (χ1n) is 4.25. The highest BCUT2D eigenvalue weighted by atomic mass is 16.5. The third kappa shape index (κ3) is 1.55. The average molecular weight is 157 g/mol. The molecular weight excluding hydrogens is 142 g/mol. The van der Waals surface area contributed by atoms with Crippen molar-refractivity contribution in [1.82, 2.24) is 5.32 Å². The molecule has 1 N–H and O–H groups in total. The first kappa shape index (κ1) is 7.53. The summed E-state index contributed by atoms with van der Waals surface area (Å²) in [4.78, 5) is 0. The van der Waals surface area contributed by atoms with Crippen LogP contribution in [0, 0.1) is 0 Å². The van der Waals surface area contributed by atoms with E-state index < -0.39 is 0 Å². The summed E-state index contributed by atoms with van der Waals surface area (Å²) in [7, 11) is 1.79. The molecule has 3 heteroatoms. The van der Waals surface area contributed by atoms with Gasteiger partial charge in [-0.05, 0) is 12.8 Å². The molecule has 3 nitrogen and oxygen atoms in total. The topological polar surface area (TPSA) is 30.5 Å². The minimum atomic E-state index is 0.508. The number of methoxy groups -OCH3 is 1. The highest BCUT2D eigenvalue weighted by Gasteiger charge is 2.32. The highest BCUT2D eigenvalue weighted by molar-refractivity contribution is 4.89. The fourth-order valence-corrected chi connectivity index (χ4v) is 1.56. The van der Waals surface area contributed by atoms with E-state index in [1.54, 1.807) is 7.11 Å². The monoisotopic (exact) mass is 157 g/mol. The van der Waals surface area contributed by atoms with Crippen molar-refractivity contribution in [2.45, 2.75) is 31.0 Å². The zero-order valence-corrected chi connectivity index (χ0v) is 6.88. The number of hydrogen-bond donors (Lipinski definition) is 1. The molecule has 0 amide bonds. The Kier molecular flexibility index (Phi) is 2.11. The molecule has 1 saturated carbocycles. The predicted molar refractivity (Wildman–Crippen MR) is 41.6 cm³/mol. The molecule has 1 aliphatic carbocycles. The van der Waals surface area contributed by atoms with Gasteiger partial charge < -0.3 is 14.8 Å². The van der Waals surface area contributed by atoms with Gasteiger partial charge in [-0.25, -0.2) is 0 Å². The molecule has 0 spiro atoms. The van der Waals surface area contributed by atoms with Crippen LogP contribution in [0.5, 0.6) is 0 Å². The van der Waals surface area contributed by atoms with E-state index in [1.165, 1.54) is 12.8 Å². The minimum absolute atomic E-state index is 0.508. The van der Waals surface area contributed by atoms with Gasteiger partial charge in [-0.15, -0.1) is 0 Å². The molecule has 0 aromatic heterocycles. The summed E-state index contributed by atoms with van der Waals surface area (Å²) >= 11 is 0. The third-order valence-corrected chi connectivity index (χ3v) is 2.54.